The predicted octanol–water partition coefficient (Wildman–Crippen LogP) is 4.03. The zero-order valence-electron chi connectivity index (χ0n) is 12.7. The fraction of sp³-hybridized carbons (Fsp3) is 0.167. The van der Waals surface area contributed by atoms with Crippen LogP contribution in [0.25, 0.3) is 22.5 Å². The van der Waals surface area contributed by atoms with Crippen LogP contribution in [-0.4, -0.2) is 14.5 Å². The highest BCUT2D eigenvalue weighted by atomic mass is 19.1. The molecule has 0 atom stereocenters. The Balaban J connectivity index is 2.27. The number of benzene rings is 1. The molecule has 1 aromatic carbocycles. The quantitative estimate of drug-likeness (QED) is 0.731. The molecule has 23 heavy (non-hydrogen) atoms. The maximum absolute atomic E-state index is 13.2. The topological polar surface area (TPSA) is 54.5 Å². The van der Waals surface area contributed by atoms with Crippen molar-refractivity contribution in [3.8, 4) is 28.6 Å². The summed E-state index contributed by atoms with van der Waals surface area (Å²) < 4.78 is 15.1. The van der Waals surface area contributed by atoms with Gasteiger partial charge in [0.05, 0.1) is 11.4 Å². The van der Waals surface area contributed by atoms with Crippen LogP contribution in [0.1, 0.15) is 19.2 Å². The lowest BCUT2D eigenvalue weighted by Gasteiger charge is -2.10. The molecule has 0 aliphatic heterocycles. The maximum Gasteiger partial charge on any atom is 0.213 e. The molecule has 2 aromatic heterocycles. The van der Waals surface area contributed by atoms with E-state index in [9.17, 15) is 9.65 Å². The summed E-state index contributed by atoms with van der Waals surface area (Å²) in [5, 5.41) is 9.42. The average Bonchev–Trinajstić information content (AvgIpc) is 2.95. The van der Waals surface area contributed by atoms with Crippen LogP contribution < -0.4 is 0 Å². The lowest BCUT2D eigenvalue weighted by atomic mass is 10.1. The second-order valence-electron chi connectivity index (χ2n) is 5.14. The smallest absolute Gasteiger partial charge is 0.213 e. The Hall–Kier alpha value is -3.00. The van der Waals surface area contributed by atoms with E-state index in [2.05, 4.69) is 23.0 Å². The number of aromatic nitrogens is 3. The Morgan fingerprint density at radius 3 is 2.39 bits per heavy atom. The van der Waals surface area contributed by atoms with Gasteiger partial charge in [-0.3, -0.25) is 4.98 Å². The largest absolute Gasteiger partial charge is 0.315 e. The number of hydrogen-bond acceptors (Lipinski definition) is 3. The summed E-state index contributed by atoms with van der Waals surface area (Å²) in [4.78, 5) is 8.53. The first kappa shape index (κ1) is 14.9. The molecule has 0 N–H and O–H groups in total. The molecule has 0 radical (unpaired) electrons. The van der Waals surface area contributed by atoms with E-state index >= 15 is 0 Å². The van der Waals surface area contributed by atoms with E-state index in [-0.39, 0.29) is 5.82 Å². The first-order valence-electron chi connectivity index (χ1n) is 7.41. The molecule has 0 unspecified atom stereocenters. The minimum Gasteiger partial charge on any atom is -0.315 e. The third kappa shape index (κ3) is 2.84. The molecule has 114 valence electrons. The van der Waals surface area contributed by atoms with Gasteiger partial charge in [-0.05, 0) is 42.8 Å². The average molecular weight is 306 g/mol. The summed E-state index contributed by atoms with van der Waals surface area (Å²) in [6.45, 7) is 2.74. The Morgan fingerprint density at radius 1 is 1.09 bits per heavy atom. The van der Waals surface area contributed by atoms with Crippen molar-refractivity contribution in [2.45, 2.75) is 19.9 Å². The summed E-state index contributed by atoms with van der Waals surface area (Å²) in [6.07, 6.45) is 4.30. The molecule has 0 saturated heterocycles. The summed E-state index contributed by atoms with van der Waals surface area (Å²) in [7, 11) is 0. The van der Waals surface area contributed by atoms with Crippen LogP contribution in [0.5, 0.6) is 0 Å². The minimum absolute atomic E-state index is 0.298. The predicted molar refractivity (Wildman–Crippen MR) is 85.9 cm³/mol. The summed E-state index contributed by atoms with van der Waals surface area (Å²) in [5.74, 6) is 0.0608. The molecular formula is C18H15FN4. The minimum atomic E-state index is -0.298. The molecule has 0 saturated carbocycles. The van der Waals surface area contributed by atoms with Gasteiger partial charge in [-0.2, -0.15) is 5.26 Å². The van der Waals surface area contributed by atoms with Crippen LogP contribution in [0.15, 0.2) is 48.8 Å². The molecule has 0 bridgehead atoms. The van der Waals surface area contributed by atoms with E-state index in [1.165, 1.54) is 12.1 Å². The number of nitrogens with zero attached hydrogens (tertiary/aromatic N) is 4. The lowest BCUT2D eigenvalue weighted by Crippen LogP contribution is -2.02. The highest BCUT2D eigenvalue weighted by Crippen LogP contribution is 2.32. The number of pyridine rings is 1. The van der Waals surface area contributed by atoms with E-state index < -0.39 is 0 Å². The van der Waals surface area contributed by atoms with E-state index in [4.69, 9.17) is 0 Å². The zero-order valence-corrected chi connectivity index (χ0v) is 12.7. The Bertz CT molecular complexity index is 845. The molecule has 2 heterocycles. The van der Waals surface area contributed by atoms with Gasteiger partial charge in [-0.1, -0.05) is 6.92 Å². The number of nitriles is 1. The fourth-order valence-corrected chi connectivity index (χ4v) is 2.59. The van der Waals surface area contributed by atoms with Crippen molar-refractivity contribution in [2.24, 2.45) is 0 Å². The normalized spacial score (nSPS) is 10.5. The van der Waals surface area contributed by atoms with Gasteiger partial charge in [0.1, 0.15) is 11.9 Å². The van der Waals surface area contributed by atoms with Crippen molar-refractivity contribution in [3.63, 3.8) is 0 Å². The van der Waals surface area contributed by atoms with E-state index in [1.54, 1.807) is 24.5 Å². The number of hydrogen-bond donors (Lipinski definition) is 0. The highest BCUT2D eigenvalue weighted by Gasteiger charge is 2.19. The van der Waals surface area contributed by atoms with Crippen molar-refractivity contribution >= 4 is 0 Å². The van der Waals surface area contributed by atoms with Gasteiger partial charge in [-0.25, -0.2) is 9.37 Å². The Morgan fingerprint density at radius 2 is 1.78 bits per heavy atom. The fourth-order valence-electron chi connectivity index (χ4n) is 2.59. The summed E-state index contributed by atoms with van der Waals surface area (Å²) in [5.41, 5.74) is 3.25. The number of halogens is 1. The van der Waals surface area contributed by atoms with Crippen molar-refractivity contribution in [1.29, 1.82) is 5.26 Å². The van der Waals surface area contributed by atoms with E-state index in [1.807, 2.05) is 16.7 Å². The maximum atomic E-state index is 13.2. The van der Waals surface area contributed by atoms with Crippen molar-refractivity contribution in [1.82, 2.24) is 14.5 Å². The highest BCUT2D eigenvalue weighted by molar-refractivity contribution is 5.79. The third-order valence-electron chi connectivity index (χ3n) is 3.59. The van der Waals surface area contributed by atoms with Crippen LogP contribution >= 0.6 is 0 Å². The van der Waals surface area contributed by atoms with Crippen LogP contribution in [0.3, 0.4) is 0 Å². The molecule has 0 amide bonds. The molecule has 5 heteroatoms. The summed E-state index contributed by atoms with van der Waals surface area (Å²) in [6, 6.07) is 12.1. The van der Waals surface area contributed by atoms with E-state index in [0.29, 0.717) is 18.1 Å². The van der Waals surface area contributed by atoms with Gasteiger partial charge in [0.15, 0.2) is 0 Å². The van der Waals surface area contributed by atoms with Gasteiger partial charge in [-0.15, -0.1) is 0 Å². The first-order valence-corrected chi connectivity index (χ1v) is 7.41. The zero-order chi connectivity index (χ0) is 16.2. The molecule has 3 rings (SSSR count). The Labute approximate surface area is 133 Å². The summed E-state index contributed by atoms with van der Waals surface area (Å²) >= 11 is 0. The van der Waals surface area contributed by atoms with Crippen molar-refractivity contribution < 1.29 is 4.39 Å². The number of rotatable bonds is 4. The van der Waals surface area contributed by atoms with Crippen molar-refractivity contribution in [2.75, 3.05) is 0 Å². The monoisotopic (exact) mass is 306 g/mol. The standard InChI is InChI=1S/C18H15FN4/c1-2-11-23-16(12-20)22-17(13-3-5-15(19)6-4-13)18(23)14-7-9-21-10-8-14/h3-10H,2,11H2,1H3. The molecule has 3 aromatic rings. The second-order valence-corrected chi connectivity index (χ2v) is 5.14. The van der Waals surface area contributed by atoms with Gasteiger partial charge in [0, 0.05) is 30.1 Å². The molecule has 0 aliphatic carbocycles. The SMILES string of the molecule is CCCn1c(C#N)nc(-c2ccc(F)cc2)c1-c1ccncc1. The molecule has 0 aliphatic rings. The number of imidazole rings is 1. The van der Waals surface area contributed by atoms with Gasteiger partial charge >= 0.3 is 0 Å². The first-order chi connectivity index (χ1) is 11.2. The molecule has 0 fully saturated rings. The lowest BCUT2D eigenvalue weighted by molar-refractivity contribution is 0.628. The van der Waals surface area contributed by atoms with Crippen LogP contribution in [0.2, 0.25) is 0 Å². The van der Waals surface area contributed by atoms with E-state index in [0.717, 1.165) is 23.2 Å². The molecular weight excluding hydrogens is 291 g/mol. The van der Waals surface area contributed by atoms with Gasteiger partial charge in [0.25, 0.3) is 0 Å². The van der Waals surface area contributed by atoms with Crippen molar-refractivity contribution in [3.05, 3.63) is 60.4 Å². The van der Waals surface area contributed by atoms with Gasteiger partial charge in [0.2, 0.25) is 5.82 Å². The Kier molecular flexibility index (Phi) is 4.15. The molecule has 4 nitrogen and oxygen atoms in total. The van der Waals surface area contributed by atoms with Crippen LogP contribution in [0, 0.1) is 17.1 Å². The van der Waals surface area contributed by atoms with Gasteiger partial charge < -0.3 is 4.57 Å². The third-order valence-corrected chi connectivity index (χ3v) is 3.59. The second kappa shape index (κ2) is 6.41. The molecule has 0 spiro atoms. The van der Waals surface area contributed by atoms with Crippen LogP contribution in [-0.2, 0) is 6.54 Å². The van der Waals surface area contributed by atoms with Crippen LogP contribution in [0.4, 0.5) is 4.39 Å².